The molecule has 2 rings (SSSR count). The molecule has 1 atom stereocenters. The predicted octanol–water partition coefficient (Wildman–Crippen LogP) is 3.03. The molecule has 0 saturated carbocycles. The van der Waals surface area contributed by atoms with E-state index in [1.54, 1.807) is 6.07 Å². The first-order valence-electron chi connectivity index (χ1n) is 8.08. The van der Waals surface area contributed by atoms with Crippen molar-refractivity contribution in [1.82, 2.24) is 10.2 Å². The number of hydrogen-bond acceptors (Lipinski definition) is 3. The molecule has 3 nitrogen and oxygen atoms in total. The summed E-state index contributed by atoms with van der Waals surface area (Å²) in [6.45, 7) is 9.13. The van der Waals surface area contributed by atoms with Gasteiger partial charge in [0.2, 0.25) is 0 Å². The average molecular weight is 293 g/mol. The highest BCUT2D eigenvalue weighted by molar-refractivity contribution is 5.56. The fourth-order valence-corrected chi connectivity index (χ4v) is 2.96. The van der Waals surface area contributed by atoms with Crippen LogP contribution in [0.4, 0.5) is 10.1 Å². The second-order valence-corrected chi connectivity index (χ2v) is 6.00. The maximum absolute atomic E-state index is 14.5. The van der Waals surface area contributed by atoms with Crippen molar-refractivity contribution in [1.29, 1.82) is 0 Å². The normalized spacial score (nSPS) is 18.6. The first-order valence-corrected chi connectivity index (χ1v) is 8.08. The third-order valence-corrected chi connectivity index (χ3v) is 4.22. The number of para-hydroxylation sites is 1. The zero-order valence-electron chi connectivity index (χ0n) is 13.5. The molecule has 1 aromatic carbocycles. The molecule has 0 aliphatic carbocycles. The SMILES string of the molecule is CCCNC(C)c1cccc(F)c1N1CCCN(C)CC1. The van der Waals surface area contributed by atoms with Crippen LogP contribution in [0.5, 0.6) is 0 Å². The lowest BCUT2D eigenvalue weighted by molar-refractivity contribution is 0.360. The molecule has 0 radical (unpaired) electrons. The summed E-state index contributed by atoms with van der Waals surface area (Å²) in [4.78, 5) is 4.54. The Morgan fingerprint density at radius 1 is 1.24 bits per heavy atom. The summed E-state index contributed by atoms with van der Waals surface area (Å²) >= 11 is 0. The van der Waals surface area contributed by atoms with Crippen LogP contribution >= 0.6 is 0 Å². The average Bonchev–Trinajstić information content (AvgIpc) is 2.69. The van der Waals surface area contributed by atoms with E-state index >= 15 is 0 Å². The standard InChI is InChI=1S/C17H28FN3/c1-4-9-19-14(2)15-7-5-8-16(18)17(15)21-11-6-10-20(3)12-13-21/h5,7-8,14,19H,4,6,9-13H2,1-3H3. The molecule has 1 fully saturated rings. The van der Waals surface area contributed by atoms with Crippen molar-refractivity contribution in [2.24, 2.45) is 0 Å². The van der Waals surface area contributed by atoms with E-state index in [0.717, 1.165) is 56.8 Å². The highest BCUT2D eigenvalue weighted by Crippen LogP contribution is 2.30. The minimum Gasteiger partial charge on any atom is -0.368 e. The highest BCUT2D eigenvalue weighted by atomic mass is 19.1. The number of benzene rings is 1. The van der Waals surface area contributed by atoms with Gasteiger partial charge in [0.05, 0.1) is 5.69 Å². The topological polar surface area (TPSA) is 18.5 Å². The van der Waals surface area contributed by atoms with Gasteiger partial charge in [-0.05, 0) is 51.5 Å². The van der Waals surface area contributed by atoms with Crippen molar-refractivity contribution < 1.29 is 4.39 Å². The number of hydrogen-bond donors (Lipinski definition) is 1. The van der Waals surface area contributed by atoms with E-state index in [0.29, 0.717) is 0 Å². The molecule has 1 unspecified atom stereocenters. The number of nitrogens with one attached hydrogen (secondary N) is 1. The van der Waals surface area contributed by atoms with Gasteiger partial charge in [-0.3, -0.25) is 0 Å². The van der Waals surface area contributed by atoms with Gasteiger partial charge in [-0.1, -0.05) is 19.1 Å². The molecule has 4 heteroatoms. The second kappa shape index (κ2) is 7.76. The molecular formula is C17H28FN3. The molecule has 0 spiro atoms. The van der Waals surface area contributed by atoms with Crippen LogP contribution in [0.25, 0.3) is 0 Å². The lowest BCUT2D eigenvalue weighted by Gasteiger charge is -2.28. The predicted molar refractivity (Wildman–Crippen MR) is 87.4 cm³/mol. The Labute approximate surface area is 128 Å². The summed E-state index contributed by atoms with van der Waals surface area (Å²) in [6, 6.07) is 5.64. The molecule has 0 aromatic heterocycles. The molecule has 0 bridgehead atoms. The van der Waals surface area contributed by atoms with Crippen molar-refractivity contribution in [3.8, 4) is 0 Å². The Balaban J connectivity index is 2.24. The molecule has 1 N–H and O–H groups in total. The quantitative estimate of drug-likeness (QED) is 0.900. The monoisotopic (exact) mass is 293 g/mol. The van der Waals surface area contributed by atoms with Crippen LogP contribution in [-0.2, 0) is 0 Å². The number of likely N-dealkylation sites (N-methyl/N-ethyl adjacent to an activating group) is 1. The van der Waals surface area contributed by atoms with Crippen molar-refractivity contribution >= 4 is 5.69 Å². The number of nitrogens with zero attached hydrogens (tertiary/aromatic N) is 2. The van der Waals surface area contributed by atoms with Gasteiger partial charge in [0.1, 0.15) is 5.82 Å². The van der Waals surface area contributed by atoms with Crippen LogP contribution in [0.1, 0.15) is 38.3 Å². The van der Waals surface area contributed by atoms with Crippen LogP contribution in [0.15, 0.2) is 18.2 Å². The summed E-state index contributed by atoms with van der Waals surface area (Å²) in [6.07, 6.45) is 2.17. The Kier molecular flexibility index (Phi) is 6.00. The van der Waals surface area contributed by atoms with Gasteiger partial charge >= 0.3 is 0 Å². The van der Waals surface area contributed by atoms with Gasteiger partial charge in [0.25, 0.3) is 0 Å². The fraction of sp³-hybridized carbons (Fsp3) is 0.647. The second-order valence-electron chi connectivity index (χ2n) is 6.00. The third-order valence-electron chi connectivity index (χ3n) is 4.22. The summed E-state index contributed by atoms with van der Waals surface area (Å²) in [5, 5.41) is 3.48. The Bertz CT molecular complexity index is 450. The molecule has 0 amide bonds. The van der Waals surface area contributed by atoms with E-state index in [2.05, 4.69) is 42.1 Å². The van der Waals surface area contributed by atoms with Crippen molar-refractivity contribution in [3.63, 3.8) is 0 Å². The van der Waals surface area contributed by atoms with Crippen LogP contribution in [0.3, 0.4) is 0 Å². The van der Waals surface area contributed by atoms with Crippen molar-refractivity contribution in [3.05, 3.63) is 29.6 Å². The summed E-state index contributed by atoms with van der Waals surface area (Å²) < 4.78 is 14.5. The lowest BCUT2D eigenvalue weighted by atomic mass is 10.0. The van der Waals surface area contributed by atoms with Gasteiger partial charge in [0, 0.05) is 25.7 Å². The van der Waals surface area contributed by atoms with E-state index in [4.69, 9.17) is 0 Å². The minimum atomic E-state index is -0.0952. The van der Waals surface area contributed by atoms with Crippen molar-refractivity contribution in [2.45, 2.75) is 32.7 Å². The minimum absolute atomic E-state index is 0.0952. The first kappa shape index (κ1) is 16.2. The smallest absolute Gasteiger partial charge is 0.146 e. The van der Waals surface area contributed by atoms with Gasteiger partial charge in [0.15, 0.2) is 0 Å². The number of anilines is 1. The van der Waals surface area contributed by atoms with Gasteiger partial charge < -0.3 is 15.1 Å². The lowest BCUT2D eigenvalue weighted by Crippen LogP contribution is -2.31. The summed E-state index contributed by atoms with van der Waals surface area (Å²) in [7, 11) is 2.14. The summed E-state index contributed by atoms with van der Waals surface area (Å²) in [5.74, 6) is -0.0952. The van der Waals surface area contributed by atoms with E-state index in [1.165, 1.54) is 0 Å². The number of halogens is 1. The molecular weight excluding hydrogens is 265 g/mol. The Morgan fingerprint density at radius 3 is 2.81 bits per heavy atom. The molecule has 1 aliphatic rings. The third kappa shape index (κ3) is 4.17. The van der Waals surface area contributed by atoms with E-state index in [9.17, 15) is 4.39 Å². The largest absolute Gasteiger partial charge is 0.368 e. The van der Waals surface area contributed by atoms with Crippen molar-refractivity contribution in [2.75, 3.05) is 44.7 Å². The number of rotatable bonds is 5. The highest BCUT2D eigenvalue weighted by Gasteiger charge is 2.21. The van der Waals surface area contributed by atoms with Crippen LogP contribution in [0.2, 0.25) is 0 Å². The maximum Gasteiger partial charge on any atom is 0.146 e. The van der Waals surface area contributed by atoms with Gasteiger partial charge in [-0.25, -0.2) is 4.39 Å². The van der Waals surface area contributed by atoms with E-state index < -0.39 is 0 Å². The van der Waals surface area contributed by atoms with Crippen LogP contribution < -0.4 is 10.2 Å². The zero-order valence-corrected chi connectivity index (χ0v) is 13.5. The Morgan fingerprint density at radius 2 is 2.05 bits per heavy atom. The zero-order chi connectivity index (χ0) is 15.2. The molecule has 1 heterocycles. The van der Waals surface area contributed by atoms with Gasteiger partial charge in [-0.2, -0.15) is 0 Å². The van der Waals surface area contributed by atoms with Gasteiger partial charge in [-0.15, -0.1) is 0 Å². The van der Waals surface area contributed by atoms with E-state index in [1.807, 2.05) is 6.07 Å². The molecule has 1 aromatic rings. The Hall–Kier alpha value is -1.13. The molecule has 21 heavy (non-hydrogen) atoms. The fourth-order valence-electron chi connectivity index (χ4n) is 2.96. The van der Waals surface area contributed by atoms with Crippen LogP contribution in [0, 0.1) is 5.82 Å². The maximum atomic E-state index is 14.5. The molecule has 1 saturated heterocycles. The van der Waals surface area contributed by atoms with Crippen LogP contribution in [-0.4, -0.2) is 44.7 Å². The molecule has 1 aliphatic heterocycles. The molecule has 118 valence electrons. The van der Waals surface area contributed by atoms with E-state index in [-0.39, 0.29) is 11.9 Å². The summed E-state index contributed by atoms with van der Waals surface area (Å²) in [5.41, 5.74) is 1.87. The first-order chi connectivity index (χ1) is 10.1.